The lowest BCUT2D eigenvalue weighted by atomic mass is 10.2. The van der Waals surface area contributed by atoms with E-state index >= 15 is 0 Å². The summed E-state index contributed by atoms with van der Waals surface area (Å²) in [4.78, 5) is 16.9. The van der Waals surface area contributed by atoms with Gasteiger partial charge in [0.1, 0.15) is 11.6 Å². The molecule has 0 amide bonds. The molecule has 84 valence electrons. The highest BCUT2D eigenvalue weighted by Crippen LogP contribution is 2.05. The van der Waals surface area contributed by atoms with E-state index in [9.17, 15) is 4.79 Å². The molecule has 1 aromatic heterocycles. The molecule has 0 fully saturated rings. The highest BCUT2D eigenvalue weighted by Gasteiger charge is 2.08. The fourth-order valence-electron chi connectivity index (χ4n) is 1.26. The quantitative estimate of drug-likeness (QED) is 0.748. The van der Waals surface area contributed by atoms with Gasteiger partial charge in [-0.15, -0.1) is 0 Å². The molecular formula is C11H14N4O. The van der Waals surface area contributed by atoms with Crippen LogP contribution in [-0.4, -0.2) is 28.5 Å². The molecular weight excluding hydrogens is 204 g/mol. The molecule has 16 heavy (non-hydrogen) atoms. The van der Waals surface area contributed by atoms with E-state index in [2.05, 4.69) is 4.98 Å². The lowest BCUT2D eigenvalue weighted by molar-refractivity contribution is 0.566. The number of aryl methyl sites for hydroxylation is 1. The van der Waals surface area contributed by atoms with Crippen LogP contribution in [0.15, 0.2) is 17.3 Å². The Morgan fingerprint density at radius 3 is 2.81 bits per heavy atom. The normalized spacial score (nSPS) is 10.4. The smallest absolute Gasteiger partial charge is 0.291 e. The maximum Gasteiger partial charge on any atom is 0.291 e. The molecule has 0 spiro atoms. The predicted octanol–water partition coefficient (Wildman–Crippen LogP) is 0.667. The van der Waals surface area contributed by atoms with E-state index in [1.807, 2.05) is 32.0 Å². The van der Waals surface area contributed by atoms with Crippen molar-refractivity contribution in [3.63, 3.8) is 0 Å². The standard InChI is InChI=1S/C11H14N4O/c1-4-15-8-13-11(16)9(7-12)10(15)5-6-14(2)3/h5-6,8H,4H2,1-3H3/b6-5+. The van der Waals surface area contributed by atoms with Crippen LogP contribution in [0.3, 0.4) is 0 Å². The molecule has 0 N–H and O–H groups in total. The van der Waals surface area contributed by atoms with E-state index in [1.165, 1.54) is 6.33 Å². The van der Waals surface area contributed by atoms with Crippen LogP contribution in [0.4, 0.5) is 0 Å². The van der Waals surface area contributed by atoms with E-state index in [0.29, 0.717) is 12.2 Å². The maximum atomic E-state index is 11.4. The first-order valence-corrected chi connectivity index (χ1v) is 4.94. The number of nitriles is 1. The molecule has 1 heterocycles. The van der Waals surface area contributed by atoms with Crippen molar-refractivity contribution in [2.75, 3.05) is 14.1 Å². The van der Waals surface area contributed by atoms with Gasteiger partial charge in [0.15, 0.2) is 0 Å². The second-order valence-electron chi connectivity index (χ2n) is 3.49. The molecule has 1 aromatic rings. The summed E-state index contributed by atoms with van der Waals surface area (Å²) >= 11 is 0. The van der Waals surface area contributed by atoms with Crippen molar-refractivity contribution in [3.05, 3.63) is 34.1 Å². The van der Waals surface area contributed by atoms with Crippen LogP contribution in [0.2, 0.25) is 0 Å². The van der Waals surface area contributed by atoms with Crippen LogP contribution >= 0.6 is 0 Å². The van der Waals surface area contributed by atoms with E-state index in [4.69, 9.17) is 5.26 Å². The third-order valence-corrected chi connectivity index (χ3v) is 2.08. The minimum Gasteiger partial charge on any atom is -0.383 e. The van der Waals surface area contributed by atoms with Gasteiger partial charge in [-0.1, -0.05) is 0 Å². The van der Waals surface area contributed by atoms with E-state index in [-0.39, 0.29) is 5.56 Å². The highest BCUT2D eigenvalue weighted by atomic mass is 16.1. The molecule has 0 aliphatic carbocycles. The van der Waals surface area contributed by atoms with Gasteiger partial charge in [-0.2, -0.15) is 10.2 Å². The summed E-state index contributed by atoms with van der Waals surface area (Å²) in [7, 11) is 3.75. The molecule has 0 bridgehead atoms. The molecule has 5 nitrogen and oxygen atoms in total. The largest absolute Gasteiger partial charge is 0.383 e. The van der Waals surface area contributed by atoms with Gasteiger partial charge in [-0.3, -0.25) is 4.79 Å². The first-order valence-electron chi connectivity index (χ1n) is 4.94. The van der Waals surface area contributed by atoms with Crippen molar-refractivity contribution in [3.8, 4) is 6.07 Å². The van der Waals surface area contributed by atoms with Crippen molar-refractivity contribution >= 4 is 6.08 Å². The Morgan fingerprint density at radius 2 is 2.31 bits per heavy atom. The van der Waals surface area contributed by atoms with Crippen molar-refractivity contribution in [2.24, 2.45) is 0 Å². The van der Waals surface area contributed by atoms with Crippen molar-refractivity contribution in [2.45, 2.75) is 13.5 Å². The fourth-order valence-corrected chi connectivity index (χ4v) is 1.26. The van der Waals surface area contributed by atoms with Gasteiger partial charge in [0.25, 0.3) is 5.56 Å². The van der Waals surface area contributed by atoms with Crippen LogP contribution in [0.1, 0.15) is 18.2 Å². The zero-order valence-electron chi connectivity index (χ0n) is 9.64. The van der Waals surface area contributed by atoms with Crippen molar-refractivity contribution < 1.29 is 0 Å². The zero-order chi connectivity index (χ0) is 12.1. The second-order valence-corrected chi connectivity index (χ2v) is 3.49. The van der Waals surface area contributed by atoms with E-state index < -0.39 is 5.56 Å². The van der Waals surface area contributed by atoms with Gasteiger partial charge >= 0.3 is 0 Å². The van der Waals surface area contributed by atoms with Gasteiger partial charge < -0.3 is 9.47 Å². The molecule has 0 radical (unpaired) electrons. The number of aromatic nitrogens is 2. The first-order chi connectivity index (χ1) is 7.60. The number of nitrogens with zero attached hydrogens (tertiary/aromatic N) is 4. The zero-order valence-corrected chi connectivity index (χ0v) is 9.64. The maximum absolute atomic E-state index is 11.4. The summed E-state index contributed by atoms with van der Waals surface area (Å²) in [5.74, 6) is 0. The molecule has 1 rings (SSSR count). The third-order valence-electron chi connectivity index (χ3n) is 2.08. The summed E-state index contributed by atoms with van der Waals surface area (Å²) in [6, 6.07) is 1.90. The Balaban J connectivity index is 3.38. The summed E-state index contributed by atoms with van der Waals surface area (Å²) in [6.07, 6.45) is 4.99. The summed E-state index contributed by atoms with van der Waals surface area (Å²) < 4.78 is 1.76. The average molecular weight is 218 g/mol. The summed E-state index contributed by atoms with van der Waals surface area (Å²) in [5, 5.41) is 8.93. The lowest BCUT2D eigenvalue weighted by Gasteiger charge is -2.09. The van der Waals surface area contributed by atoms with Crippen molar-refractivity contribution in [1.29, 1.82) is 5.26 Å². The van der Waals surface area contributed by atoms with Gasteiger partial charge in [-0.25, -0.2) is 0 Å². The number of hydrogen-bond acceptors (Lipinski definition) is 4. The van der Waals surface area contributed by atoms with Gasteiger partial charge in [0, 0.05) is 26.8 Å². The Bertz CT molecular complexity index is 494. The molecule has 0 aromatic carbocycles. The van der Waals surface area contributed by atoms with Gasteiger partial charge in [-0.05, 0) is 13.0 Å². The molecule has 0 saturated heterocycles. The monoisotopic (exact) mass is 218 g/mol. The second kappa shape index (κ2) is 5.12. The van der Waals surface area contributed by atoms with Crippen LogP contribution in [0.25, 0.3) is 6.08 Å². The molecule has 0 saturated carbocycles. The minimum atomic E-state index is -0.481. The summed E-state index contributed by atoms with van der Waals surface area (Å²) in [6.45, 7) is 2.59. The topological polar surface area (TPSA) is 61.9 Å². The highest BCUT2D eigenvalue weighted by molar-refractivity contribution is 5.53. The molecule has 0 unspecified atom stereocenters. The molecule has 0 aliphatic heterocycles. The lowest BCUT2D eigenvalue weighted by Crippen LogP contribution is -2.18. The molecule has 0 atom stereocenters. The van der Waals surface area contributed by atoms with Crippen LogP contribution in [0, 0.1) is 11.3 Å². The minimum absolute atomic E-state index is 0.0856. The van der Waals surface area contributed by atoms with Crippen LogP contribution < -0.4 is 5.56 Å². The van der Waals surface area contributed by atoms with Gasteiger partial charge in [0.05, 0.1) is 12.0 Å². The number of hydrogen-bond donors (Lipinski definition) is 0. The SMILES string of the molecule is CCn1cnc(=O)c(C#N)c1/C=C/N(C)C. The predicted molar refractivity (Wildman–Crippen MR) is 61.6 cm³/mol. The van der Waals surface area contributed by atoms with E-state index in [0.717, 1.165) is 0 Å². The average Bonchev–Trinajstić information content (AvgIpc) is 2.26. The molecule has 5 heteroatoms. The Morgan fingerprint density at radius 1 is 1.62 bits per heavy atom. The first kappa shape index (κ1) is 12.0. The summed E-state index contributed by atoms with van der Waals surface area (Å²) in [5.41, 5.74) is 0.201. The van der Waals surface area contributed by atoms with E-state index in [1.54, 1.807) is 16.8 Å². The molecule has 0 aliphatic rings. The Hall–Kier alpha value is -2.09. The third kappa shape index (κ3) is 2.48. The Labute approximate surface area is 94.3 Å². The fraction of sp³-hybridized carbons (Fsp3) is 0.364. The van der Waals surface area contributed by atoms with Gasteiger partial charge in [0.2, 0.25) is 0 Å². The van der Waals surface area contributed by atoms with Crippen LogP contribution in [0.5, 0.6) is 0 Å². The number of rotatable bonds is 3. The van der Waals surface area contributed by atoms with Crippen LogP contribution in [-0.2, 0) is 6.54 Å². The Kier molecular flexibility index (Phi) is 3.84. The van der Waals surface area contributed by atoms with Crippen molar-refractivity contribution in [1.82, 2.24) is 14.5 Å².